The lowest BCUT2D eigenvalue weighted by atomic mass is 10.4. The van der Waals surface area contributed by atoms with Gasteiger partial charge in [-0.3, -0.25) is 0 Å². The Hall–Kier alpha value is -1.96. The first-order valence-electron chi connectivity index (χ1n) is 4.69. The van der Waals surface area contributed by atoms with E-state index in [-0.39, 0.29) is 5.69 Å². The molecule has 1 N–H and O–H groups in total. The molecule has 0 saturated carbocycles. The molecule has 0 atom stereocenters. The largest absolute Gasteiger partial charge is 0.476 e. The maximum Gasteiger partial charge on any atom is 0.356 e. The summed E-state index contributed by atoms with van der Waals surface area (Å²) in [4.78, 5) is 10.6. The minimum Gasteiger partial charge on any atom is -0.476 e. The van der Waals surface area contributed by atoms with Crippen LogP contribution in [0.15, 0.2) is 22.3 Å². The third-order valence-corrected chi connectivity index (χ3v) is 3.07. The number of carboxylic acid groups (broad SMARTS) is 1. The van der Waals surface area contributed by atoms with Crippen LogP contribution in [-0.4, -0.2) is 36.0 Å². The molecule has 2 rings (SSSR count). The van der Waals surface area contributed by atoms with Crippen LogP contribution < -0.4 is 0 Å². The van der Waals surface area contributed by atoms with E-state index in [1.807, 2.05) is 18.5 Å². The molecule has 2 heterocycles. The van der Waals surface area contributed by atoms with Crippen LogP contribution in [0.1, 0.15) is 16.3 Å². The Morgan fingerprint density at radius 3 is 2.53 bits per heavy atom. The van der Waals surface area contributed by atoms with Crippen molar-refractivity contribution in [2.24, 2.45) is 7.05 Å². The molecule has 0 aliphatic carbocycles. The first-order chi connectivity index (χ1) is 8.08. The van der Waals surface area contributed by atoms with Gasteiger partial charge in [0, 0.05) is 7.05 Å². The van der Waals surface area contributed by atoms with Gasteiger partial charge in [-0.15, -0.1) is 20.4 Å². The lowest BCUT2D eigenvalue weighted by Crippen LogP contribution is -2.02. The van der Waals surface area contributed by atoms with Crippen LogP contribution in [0.2, 0.25) is 0 Å². The number of aromatic nitrogens is 5. The predicted octanol–water partition coefficient (Wildman–Crippen LogP) is 0.763. The summed E-state index contributed by atoms with van der Waals surface area (Å²) < 4.78 is 1.82. The number of hydrogen-bond acceptors (Lipinski definition) is 6. The highest BCUT2D eigenvalue weighted by Crippen LogP contribution is 2.23. The summed E-state index contributed by atoms with van der Waals surface area (Å²) in [5.41, 5.74) is -0.0801. The summed E-state index contributed by atoms with van der Waals surface area (Å²) in [6.07, 6.45) is 0. The Kier molecular flexibility index (Phi) is 3.05. The number of carboxylic acids is 1. The zero-order valence-electron chi connectivity index (χ0n) is 9.15. The molecule has 8 heteroatoms. The monoisotopic (exact) mass is 251 g/mol. The SMILES string of the molecule is Cc1nnc(Sc2ccc(C(=O)O)nn2)n1C. The van der Waals surface area contributed by atoms with Crippen LogP contribution in [0, 0.1) is 6.92 Å². The van der Waals surface area contributed by atoms with E-state index in [4.69, 9.17) is 5.11 Å². The first kappa shape index (κ1) is 11.5. The van der Waals surface area contributed by atoms with Crippen LogP contribution in [0.4, 0.5) is 0 Å². The number of rotatable bonds is 3. The van der Waals surface area contributed by atoms with Crippen molar-refractivity contribution in [2.75, 3.05) is 0 Å². The molecule has 0 fully saturated rings. The molecule has 0 aliphatic heterocycles. The van der Waals surface area contributed by atoms with Crippen molar-refractivity contribution in [1.82, 2.24) is 25.0 Å². The van der Waals surface area contributed by atoms with Gasteiger partial charge < -0.3 is 9.67 Å². The third kappa shape index (κ3) is 2.41. The van der Waals surface area contributed by atoms with Crippen molar-refractivity contribution in [3.05, 3.63) is 23.7 Å². The number of carbonyl (C=O) groups is 1. The molecule has 0 amide bonds. The topological polar surface area (TPSA) is 93.8 Å². The summed E-state index contributed by atoms with van der Waals surface area (Å²) in [6, 6.07) is 2.99. The maximum absolute atomic E-state index is 10.6. The van der Waals surface area contributed by atoms with E-state index in [0.29, 0.717) is 10.2 Å². The lowest BCUT2D eigenvalue weighted by Gasteiger charge is -2.00. The molecule has 0 bridgehead atoms. The van der Waals surface area contributed by atoms with E-state index in [2.05, 4.69) is 20.4 Å². The molecule has 0 radical (unpaired) electrons. The molecular formula is C9H9N5O2S. The van der Waals surface area contributed by atoms with Crippen molar-refractivity contribution in [1.29, 1.82) is 0 Å². The Morgan fingerprint density at radius 1 is 1.29 bits per heavy atom. The molecule has 17 heavy (non-hydrogen) atoms. The highest BCUT2D eigenvalue weighted by Gasteiger charge is 2.10. The highest BCUT2D eigenvalue weighted by molar-refractivity contribution is 7.99. The van der Waals surface area contributed by atoms with E-state index >= 15 is 0 Å². The molecular weight excluding hydrogens is 242 g/mol. The molecule has 2 aromatic rings. The molecule has 7 nitrogen and oxygen atoms in total. The fourth-order valence-corrected chi connectivity index (χ4v) is 1.81. The maximum atomic E-state index is 10.6. The number of aryl methyl sites for hydroxylation is 1. The summed E-state index contributed by atoms with van der Waals surface area (Å²) in [7, 11) is 1.84. The van der Waals surface area contributed by atoms with E-state index in [9.17, 15) is 4.79 Å². The van der Waals surface area contributed by atoms with Crippen LogP contribution >= 0.6 is 11.8 Å². The molecule has 0 spiro atoms. The van der Waals surface area contributed by atoms with Crippen LogP contribution in [-0.2, 0) is 7.05 Å². The summed E-state index contributed by atoms with van der Waals surface area (Å²) in [6.45, 7) is 1.84. The van der Waals surface area contributed by atoms with Gasteiger partial charge in [0.25, 0.3) is 0 Å². The van der Waals surface area contributed by atoms with E-state index in [1.54, 1.807) is 6.07 Å². The van der Waals surface area contributed by atoms with E-state index in [1.165, 1.54) is 17.8 Å². The Morgan fingerprint density at radius 2 is 2.06 bits per heavy atom. The van der Waals surface area contributed by atoms with E-state index in [0.717, 1.165) is 5.82 Å². The number of nitrogens with zero attached hydrogens (tertiary/aromatic N) is 5. The van der Waals surface area contributed by atoms with Gasteiger partial charge in [-0.1, -0.05) is 0 Å². The molecule has 2 aromatic heterocycles. The quantitative estimate of drug-likeness (QED) is 0.860. The second-order valence-corrected chi connectivity index (χ2v) is 4.24. The lowest BCUT2D eigenvalue weighted by molar-refractivity contribution is 0.0689. The second kappa shape index (κ2) is 4.50. The van der Waals surface area contributed by atoms with Crippen LogP contribution in [0.3, 0.4) is 0 Å². The zero-order valence-corrected chi connectivity index (χ0v) is 9.97. The molecule has 0 saturated heterocycles. The average molecular weight is 251 g/mol. The van der Waals surface area contributed by atoms with Gasteiger partial charge in [-0.25, -0.2) is 4.79 Å². The summed E-state index contributed by atoms with van der Waals surface area (Å²) in [5.74, 6) is -0.300. The fourth-order valence-electron chi connectivity index (χ4n) is 1.06. The molecule has 0 aromatic carbocycles. The van der Waals surface area contributed by atoms with Crippen LogP contribution in [0.5, 0.6) is 0 Å². The van der Waals surface area contributed by atoms with Gasteiger partial charge in [-0.05, 0) is 30.8 Å². The van der Waals surface area contributed by atoms with Gasteiger partial charge in [0.15, 0.2) is 10.9 Å². The number of hydrogen-bond donors (Lipinski definition) is 1. The summed E-state index contributed by atoms with van der Waals surface area (Å²) in [5, 5.41) is 25.2. The smallest absolute Gasteiger partial charge is 0.356 e. The minimum absolute atomic E-state index is 0.0801. The normalized spacial score (nSPS) is 10.5. The highest BCUT2D eigenvalue weighted by atomic mass is 32.2. The minimum atomic E-state index is -1.09. The van der Waals surface area contributed by atoms with Crippen LogP contribution in [0.25, 0.3) is 0 Å². The first-order valence-corrected chi connectivity index (χ1v) is 5.50. The van der Waals surface area contributed by atoms with Gasteiger partial charge in [-0.2, -0.15) is 0 Å². The molecule has 0 aliphatic rings. The predicted molar refractivity (Wildman–Crippen MR) is 58.9 cm³/mol. The van der Waals surface area contributed by atoms with Gasteiger partial charge in [0.1, 0.15) is 10.9 Å². The van der Waals surface area contributed by atoms with E-state index < -0.39 is 5.97 Å². The van der Waals surface area contributed by atoms with Gasteiger partial charge in [0.2, 0.25) is 0 Å². The third-order valence-electron chi connectivity index (χ3n) is 2.11. The Labute approximate surface area is 101 Å². The second-order valence-electron chi connectivity index (χ2n) is 3.25. The van der Waals surface area contributed by atoms with Crippen molar-refractivity contribution >= 4 is 17.7 Å². The molecule has 88 valence electrons. The summed E-state index contributed by atoms with van der Waals surface area (Å²) >= 11 is 1.28. The Balaban J connectivity index is 2.19. The van der Waals surface area contributed by atoms with Crippen molar-refractivity contribution in [3.8, 4) is 0 Å². The standard InChI is InChI=1S/C9H9N5O2S/c1-5-10-13-9(14(5)2)17-7-4-3-6(8(15)16)11-12-7/h3-4H,1-2H3,(H,15,16). The molecule has 0 unspecified atom stereocenters. The van der Waals surface area contributed by atoms with Crippen molar-refractivity contribution in [3.63, 3.8) is 0 Å². The van der Waals surface area contributed by atoms with Gasteiger partial charge in [0.05, 0.1) is 0 Å². The number of aromatic carboxylic acids is 1. The Bertz CT molecular complexity index is 551. The zero-order chi connectivity index (χ0) is 12.4. The average Bonchev–Trinajstić information content (AvgIpc) is 2.62. The fraction of sp³-hybridized carbons (Fsp3) is 0.222. The van der Waals surface area contributed by atoms with Gasteiger partial charge >= 0.3 is 5.97 Å². The van der Waals surface area contributed by atoms with Crippen molar-refractivity contribution in [2.45, 2.75) is 17.1 Å². The van der Waals surface area contributed by atoms with Crippen molar-refractivity contribution < 1.29 is 9.90 Å².